The molecule has 8 heteroatoms. The number of nitrogens with two attached hydrogens (primary N) is 1. The van der Waals surface area contributed by atoms with E-state index in [1.807, 2.05) is 24.3 Å². The van der Waals surface area contributed by atoms with Gasteiger partial charge in [0.2, 0.25) is 5.91 Å². The van der Waals surface area contributed by atoms with Crippen molar-refractivity contribution in [2.75, 3.05) is 19.0 Å². The largest absolute Gasteiger partial charge is 0.385 e. The molecule has 2 aromatic rings. The molecule has 1 aromatic carbocycles. The van der Waals surface area contributed by atoms with Crippen LogP contribution in [0.15, 0.2) is 24.3 Å². The van der Waals surface area contributed by atoms with E-state index in [4.69, 9.17) is 10.5 Å². The summed E-state index contributed by atoms with van der Waals surface area (Å²) in [6.07, 6.45) is 3.73. The van der Waals surface area contributed by atoms with Gasteiger partial charge in [-0.25, -0.2) is 4.98 Å². The fourth-order valence-electron chi connectivity index (χ4n) is 2.97. The van der Waals surface area contributed by atoms with Gasteiger partial charge in [0.05, 0.1) is 12.0 Å². The number of anilines is 1. The number of carbonyl (C=O) groups is 1. The zero-order valence-electron chi connectivity index (χ0n) is 14.2. The number of aromatic amines is 1. The zero-order chi connectivity index (χ0) is 17.0. The molecule has 0 aliphatic heterocycles. The summed E-state index contributed by atoms with van der Waals surface area (Å²) >= 11 is 0. The lowest BCUT2D eigenvalue weighted by molar-refractivity contribution is -0.131. The van der Waals surface area contributed by atoms with Gasteiger partial charge in [-0.3, -0.25) is 9.89 Å². The summed E-state index contributed by atoms with van der Waals surface area (Å²) < 4.78 is 5.14. The number of methoxy groups -OCH3 is 1. The highest BCUT2D eigenvalue weighted by atomic mass is 35.5. The van der Waals surface area contributed by atoms with Gasteiger partial charge in [0, 0.05) is 25.0 Å². The van der Waals surface area contributed by atoms with Crippen LogP contribution in [0.3, 0.4) is 0 Å². The quantitative estimate of drug-likeness (QED) is 0.699. The predicted molar refractivity (Wildman–Crippen MR) is 98.4 cm³/mol. The molecule has 0 unspecified atom stereocenters. The van der Waals surface area contributed by atoms with E-state index < -0.39 is 0 Å². The Morgan fingerprint density at radius 3 is 2.60 bits per heavy atom. The molecule has 0 atom stereocenters. The summed E-state index contributed by atoms with van der Waals surface area (Å²) in [7, 11) is 1.67. The number of hydrogen-bond donors (Lipinski definition) is 3. The lowest BCUT2D eigenvalue weighted by Crippen LogP contribution is -2.42. The molecule has 1 saturated carbocycles. The van der Waals surface area contributed by atoms with Gasteiger partial charge in [-0.2, -0.15) is 5.10 Å². The average molecular weight is 366 g/mol. The van der Waals surface area contributed by atoms with Crippen LogP contribution in [0.5, 0.6) is 0 Å². The van der Waals surface area contributed by atoms with E-state index in [1.54, 1.807) is 7.11 Å². The monoisotopic (exact) mass is 365 g/mol. The number of amides is 1. The van der Waals surface area contributed by atoms with E-state index in [1.165, 1.54) is 0 Å². The third kappa shape index (κ3) is 4.18. The summed E-state index contributed by atoms with van der Waals surface area (Å²) in [5, 5.41) is 9.94. The molecule has 3 rings (SSSR count). The van der Waals surface area contributed by atoms with Gasteiger partial charge in [-0.1, -0.05) is 6.42 Å². The first-order valence-corrected chi connectivity index (χ1v) is 8.19. The third-order valence-electron chi connectivity index (χ3n) is 4.70. The van der Waals surface area contributed by atoms with Crippen LogP contribution in [0, 0.1) is 5.41 Å². The Labute approximate surface area is 153 Å². The molecule has 0 spiro atoms. The predicted octanol–water partition coefficient (Wildman–Crippen LogP) is 2.50. The molecule has 25 heavy (non-hydrogen) atoms. The molecule has 1 aliphatic rings. The SMILES string of the molecule is COCCC1(C(=O)Nc2ccc(-c3n[nH]c(CN)n3)cc2)CCC1.Cl. The molecule has 1 heterocycles. The molecule has 136 valence electrons. The summed E-state index contributed by atoms with van der Waals surface area (Å²) in [4.78, 5) is 16.9. The van der Waals surface area contributed by atoms with Crippen molar-refractivity contribution < 1.29 is 9.53 Å². The maximum Gasteiger partial charge on any atom is 0.230 e. The minimum Gasteiger partial charge on any atom is -0.385 e. The Morgan fingerprint density at radius 1 is 1.36 bits per heavy atom. The van der Waals surface area contributed by atoms with E-state index in [0.717, 1.165) is 36.9 Å². The number of nitrogens with one attached hydrogen (secondary N) is 2. The third-order valence-corrected chi connectivity index (χ3v) is 4.70. The number of aromatic nitrogens is 3. The summed E-state index contributed by atoms with van der Waals surface area (Å²) in [6.45, 7) is 0.936. The van der Waals surface area contributed by atoms with Crippen molar-refractivity contribution in [3.63, 3.8) is 0 Å². The fraction of sp³-hybridized carbons (Fsp3) is 0.471. The van der Waals surface area contributed by atoms with Crippen molar-refractivity contribution in [2.45, 2.75) is 32.2 Å². The van der Waals surface area contributed by atoms with E-state index >= 15 is 0 Å². The number of hydrogen-bond acceptors (Lipinski definition) is 5. The van der Waals surface area contributed by atoms with Crippen LogP contribution in [0.25, 0.3) is 11.4 Å². The van der Waals surface area contributed by atoms with Crippen molar-refractivity contribution >= 4 is 24.0 Å². The maximum absolute atomic E-state index is 12.6. The highest BCUT2D eigenvalue weighted by molar-refractivity contribution is 5.96. The van der Waals surface area contributed by atoms with Crippen LogP contribution < -0.4 is 11.1 Å². The van der Waals surface area contributed by atoms with Crippen LogP contribution in [0.4, 0.5) is 5.69 Å². The second-order valence-corrected chi connectivity index (χ2v) is 6.22. The molecule has 1 aliphatic carbocycles. The standard InChI is InChI=1S/C17H23N5O2.ClH/c1-24-10-9-17(7-2-8-17)16(23)19-13-5-3-12(4-6-13)15-20-14(11-18)21-22-15;/h3-6H,2,7-11,18H2,1H3,(H,19,23)(H,20,21,22);1H. The molecule has 4 N–H and O–H groups in total. The van der Waals surface area contributed by atoms with Gasteiger partial charge in [0.15, 0.2) is 5.82 Å². The van der Waals surface area contributed by atoms with E-state index in [2.05, 4.69) is 20.5 Å². The number of nitrogens with zero attached hydrogens (tertiary/aromatic N) is 2. The molecule has 7 nitrogen and oxygen atoms in total. The van der Waals surface area contributed by atoms with Crippen molar-refractivity contribution in [1.29, 1.82) is 0 Å². The fourth-order valence-corrected chi connectivity index (χ4v) is 2.97. The van der Waals surface area contributed by atoms with Gasteiger partial charge >= 0.3 is 0 Å². The normalized spacial score (nSPS) is 15.1. The number of carbonyl (C=O) groups excluding carboxylic acids is 1. The molecule has 1 amide bonds. The summed E-state index contributed by atoms with van der Waals surface area (Å²) in [5.41, 5.74) is 6.91. The van der Waals surface area contributed by atoms with Crippen LogP contribution in [-0.4, -0.2) is 34.8 Å². The lowest BCUT2D eigenvalue weighted by Gasteiger charge is -2.40. The van der Waals surface area contributed by atoms with Crippen molar-refractivity contribution in [1.82, 2.24) is 15.2 Å². The highest BCUT2D eigenvalue weighted by Crippen LogP contribution is 2.44. The Balaban J connectivity index is 0.00000225. The number of rotatable bonds is 7. The second-order valence-electron chi connectivity index (χ2n) is 6.22. The van der Waals surface area contributed by atoms with Crippen molar-refractivity contribution in [3.8, 4) is 11.4 Å². The van der Waals surface area contributed by atoms with Crippen LogP contribution in [-0.2, 0) is 16.1 Å². The van der Waals surface area contributed by atoms with Crippen molar-refractivity contribution in [2.24, 2.45) is 11.1 Å². The maximum atomic E-state index is 12.6. The number of ether oxygens (including phenoxy) is 1. The molecule has 1 aromatic heterocycles. The minimum atomic E-state index is -0.269. The summed E-state index contributed by atoms with van der Waals surface area (Å²) in [6, 6.07) is 7.52. The number of H-pyrrole nitrogens is 1. The number of halogens is 1. The highest BCUT2D eigenvalue weighted by Gasteiger charge is 2.43. The molecule has 0 saturated heterocycles. The lowest BCUT2D eigenvalue weighted by atomic mass is 9.66. The Hall–Kier alpha value is -1.96. The Bertz CT molecular complexity index is 697. The molecule has 0 bridgehead atoms. The molecular formula is C17H24ClN5O2. The van der Waals surface area contributed by atoms with Gasteiger partial charge in [0.1, 0.15) is 5.82 Å². The van der Waals surface area contributed by atoms with Crippen LogP contribution in [0.1, 0.15) is 31.5 Å². The van der Waals surface area contributed by atoms with Gasteiger partial charge < -0.3 is 15.8 Å². The van der Waals surface area contributed by atoms with Gasteiger partial charge in [-0.15, -0.1) is 12.4 Å². The second kappa shape index (κ2) is 8.42. The zero-order valence-corrected chi connectivity index (χ0v) is 15.1. The Kier molecular flexibility index (Phi) is 6.52. The molecule has 1 fully saturated rings. The van der Waals surface area contributed by atoms with Crippen LogP contribution in [0.2, 0.25) is 0 Å². The average Bonchev–Trinajstić information content (AvgIpc) is 3.04. The first-order valence-electron chi connectivity index (χ1n) is 8.19. The first-order chi connectivity index (χ1) is 11.7. The van der Waals surface area contributed by atoms with E-state index in [-0.39, 0.29) is 23.7 Å². The molecule has 0 radical (unpaired) electrons. The first kappa shape index (κ1) is 19.4. The smallest absolute Gasteiger partial charge is 0.230 e. The van der Waals surface area contributed by atoms with Crippen LogP contribution >= 0.6 is 12.4 Å². The van der Waals surface area contributed by atoms with Gasteiger partial charge in [-0.05, 0) is 43.5 Å². The topological polar surface area (TPSA) is 106 Å². The van der Waals surface area contributed by atoms with E-state index in [0.29, 0.717) is 24.8 Å². The Morgan fingerprint density at radius 2 is 2.08 bits per heavy atom. The minimum absolute atomic E-state index is 0. The van der Waals surface area contributed by atoms with Crippen molar-refractivity contribution in [3.05, 3.63) is 30.1 Å². The number of benzene rings is 1. The van der Waals surface area contributed by atoms with Gasteiger partial charge in [0.25, 0.3) is 0 Å². The summed E-state index contributed by atoms with van der Waals surface area (Å²) in [5.74, 6) is 1.33. The molecular weight excluding hydrogens is 342 g/mol. The van der Waals surface area contributed by atoms with E-state index in [9.17, 15) is 4.79 Å².